The van der Waals surface area contributed by atoms with E-state index in [2.05, 4.69) is 43.4 Å². The molecule has 1 aromatic carbocycles. The van der Waals surface area contributed by atoms with E-state index in [4.69, 9.17) is 0 Å². The zero-order valence-corrected chi connectivity index (χ0v) is 17.3. The number of aryl methyl sites for hydroxylation is 1. The number of benzene rings is 1. The van der Waals surface area contributed by atoms with Crippen LogP contribution in [0.1, 0.15) is 76.8 Å². The first-order chi connectivity index (χ1) is 11.2. The minimum absolute atomic E-state index is 0.0455. The summed E-state index contributed by atoms with van der Waals surface area (Å²) in [6.07, 6.45) is 8.97. The molecule has 0 spiro atoms. The van der Waals surface area contributed by atoms with E-state index in [-0.39, 0.29) is 22.7 Å². The van der Waals surface area contributed by atoms with Gasteiger partial charge in [0, 0.05) is 14.5 Å². The van der Waals surface area contributed by atoms with Gasteiger partial charge in [-0.2, -0.15) is 0 Å². The molecule has 0 bridgehead atoms. The highest BCUT2D eigenvalue weighted by Crippen LogP contribution is 2.49. The fraction of sp³-hybridized carbons (Fsp3) is 0.700. The predicted molar refractivity (Wildman–Crippen MR) is 107 cm³/mol. The van der Waals surface area contributed by atoms with Gasteiger partial charge in [0.2, 0.25) is 0 Å². The molecule has 136 valence electrons. The first-order valence-corrected chi connectivity index (χ1v) is 10.2. The van der Waals surface area contributed by atoms with Crippen molar-refractivity contribution in [3.63, 3.8) is 0 Å². The smallest absolute Gasteiger partial charge is 0.164 e. The van der Waals surface area contributed by atoms with Crippen LogP contribution < -0.4 is 0 Å². The predicted octanol–water partition coefficient (Wildman–Crippen LogP) is 5.85. The largest absolute Gasteiger partial charge is 0.508 e. The Hall–Kier alpha value is -0.650. The van der Waals surface area contributed by atoms with E-state index in [1.165, 1.54) is 12.8 Å². The van der Waals surface area contributed by atoms with Crippen molar-refractivity contribution in [1.82, 2.24) is 0 Å². The fourth-order valence-corrected chi connectivity index (χ4v) is 3.73. The van der Waals surface area contributed by atoms with Crippen LogP contribution in [0.3, 0.4) is 0 Å². The molecule has 0 saturated heterocycles. The maximum atomic E-state index is 10.3. The molecule has 0 atom stereocenters. The van der Waals surface area contributed by atoms with Crippen LogP contribution in [-0.4, -0.2) is 18.7 Å². The monoisotopic (exact) mass is 446 g/mol. The Morgan fingerprint density at radius 1 is 1.08 bits per heavy atom. The Labute approximate surface area is 159 Å². The van der Waals surface area contributed by atoms with Gasteiger partial charge in [-0.15, -0.1) is 0 Å². The number of hydrogen-bond acceptors (Lipinski definition) is 3. The third-order valence-corrected chi connectivity index (χ3v) is 7.15. The fourth-order valence-electron chi connectivity index (χ4n) is 3.08. The average Bonchev–Trinajstić information content (AvgIpc) is 3.25. The summed E-state index contributed by atoms with van der Waals surface area (Å²) < 4.78 is 0.462. The van der Waals surface area contributed by atoms with Gasteiger partial charge in [-0.05, 0) is 62.8 Å². The van der Waals surface area contributed by atoms with Crippen molar-refractivity contribution in [2.45, 2.75) is 82.0 Å². The topological polar surface area (TPSA) is 60.7 Å². The Balaban J connectivity index is 1.98. The highest BCUT2D eigenvalue weighted by molar-refractivity contribution is 14.1. The Morgan fingerprint density at radius 3 is 2.33 bits per heavy atom. The van der Waals surface area contributed by atoms with Crippen molar-refractivity contribution in [3.8, 4) is 17.2 Å². The Kier molecular flexibility index (Phi) is 6.32. The molecule has 24 heavy (non-hydrogen) atoms. The Bertz CT molecular complexity index is 577. The van der Waals surface area contributed by atoms with E-state index in [1.54, 1.807) is 6.07 Å². The lowest BCUT2D eigenvalue weighted by Crippen LogP contribution is -2.09. The van der Waals surface area contributed by atoms with Crippen molar-refractivity contribution in [2.24, 2.45) is 5.41 Å². The summed E-state index contributed by atoms with van der Waals surface area (Å²) in [5, 5.41) is 30.9. The SMILES string of the molecule is CCC(C)(C)CCCc1c(O)cc(CCCC2(I)CC2)c(O)c1O. The zero-order chi connectivity index (χ0) is 18.0. The van der Waals surface area contributed by atoms with Gasteiger partial charge in [-0.25, -0.2) is 0 Å². The summed E-state index contributed by atoms with van der Waals surface area (Å²) >= 11 is 2.52. The summed E-state index contributed by atoms with van der Waals surface area (Å²) in [5.74, 6) is -0.0593. The summed E-state index contributed by atoms with van der Waals surface area (Å²) in [6.45, 7) is 6.64. The van der Waals surface area contributed by atoms with Gasteiger partial charge in [0.15, 0.2) is 11.5 Å². The number of aromatic hydroxyl groups is 3. The number of rotatable bonds is 9. The standard InChI is InChI=1S/C20H31IO3/c1-4-19(2,3)9-6-8-15-16(22)13-14(17(23)18(15)24)7-5-10-20(21)11-12-20/h13,22-24H,4-12H2,1-3H3. The van der Waals surface area contributed by atoms with E-state index in [1.807, 2.05) is 0 Å². The van der Waals surface area contributed by atoms with Crippen LogP contribution in [-0.2, 0) is 12.8 Å². The molecular weight excluding hydrogens is 415 g/mol. The lowest BCUT2D eigenvalue weighted by molar-refractivity contribution is 0.310. The number of halogens is 1. The van der Waals surface area contributed by atoms with Gasteiger partial charge in [0.05, 0.1) is 0 Å². The molecule has 0 heterocycles. The molecule has 0 aliphatic heterocycles. The Morgan fingerprint density at radius 2 is 1.75 bits per heavy atom. The molecule has 0 unspecified atom stereocenters. The summed E-state index contributed by atoms with van der Waals surface area (Å²) in [7, 11) is 0. The number of phenolic OH excluding ortho intramolecular Hbond substituents is 3. The number of hydrogen-bond donors (Lipinski definition) is 3. The molecule has 1 aromatic rings. The molecule has 4 heteroatoms. The minimum Gasteiger partial charge on any atom is -0.508 e. The van der Waals surface area contributed by atoms with Crippen LogP contribution in [0.15, 0.2) is 6.07 Å². The van der Waals surface area contributed by atoms with Crippen molar-refractivity contribution < 1.29 is 15.3 Å². The molecule has 3 N–H and O–H groups in total. The molecule has 0 amide bonds. The number of phenols is 3. The quantitative estimate of drug-likeness (QED) is 0.193. The highest BCUT2D eigenvalue weighted by Gasteiger charge is 2.38. The molecule has 0 aromatic heterocycles. The summed E-state index contributed by atoms with van der Waals surface area (Å²) in [5.41, 5.74) is 1.41. The van der Waals surface area contributed by atoms with E-state index in [0.29, 0.717) is 27.4 Å². The van der Waals surface area contributed by atoms with E-state index in [9.17, 15) is 15.3 Å². The van der Waals surface area contributed by atoms with Crippen molar-refractivity contribution in [3.05, 3.63) is 17.2 Å². The number of alkyl halides is 1. The first kappa shape index (κ1) is 19.7. The average molecular weight is 446 g/mol. The second-order valence-corrected chi connectivity index (χ2v) is 10.4. The van der Waals surface area contributed by atoms with Crippen molar-refractivity contribution in [1.29, 1.82) is 0 Å². The maximum absolute atomic E-state index is 10.3. The molecular formula is C20H31IO3. The summed E-state index contributed by atoms with van der Waals surface area (Å²) in [6, 6.07) is 1.64. The highest BCUT2D eigenvalue weighted by atomic mass is 127. The van der Waals surface area contributed by atoms with Gasteiger partial charge in [0.25, 0.3) is 0 Å². The lowest BCUT2D eigenvalue weighted by atomic mass is 9.84. The third kappa shape index (κ3) is 5.17. The second-order valence-electron chi connectivity index (χ2n) is 8.11. The molecule has 1 fully saturated rings. The van der Waals surface area contributed by atoms with Crippen LogP contribution in [0, 0.1) is 5.41 Å². The first-order valence-electron chi connectivity index (χ1n) is 9.12. The van der Waals surface area contributed by atoms with Gasteiger partial charge < -0.3 is 15.3 Å². The van der Waals surface area contributed by atoms with Gasteiger partial charge in [-0.1, -0.05) is 49.8 Å². The maximum Gasteiger partial charge on any atom is 0.164 e. The van der Waals surface area contributed by atoms with Gasteiger partial charge >= 0.3 is 0 Å². The molecule has 2 rings (SSSR count). The van der Waals surface area contributed by atoms with Crippen LogP contribution in [0.5, 0.6) is 17.2 Å². The van der Waals surface area contributed by atoms with Crippen LogP contribution in [0.2, 0.25) is 0 Å². The molecule has 0 radical (unpaired) electrons. The minimum atomic E-state index is -0.130. The van der Waals surface area contributed by atoms with Crippen LogP contribution in [0.4, 0.5) is 0 Å². The molecule has 1 saturated carbocycles. The normalized spacial score (nSPS) is 16.3. The van der Waals surface area contributed by atoms with Crippen molar-refractivity contribution in [2.75, 3.05) is 0 Å². The van der Waals surface area contributed by atoms with Gasteiger partial charge in [0.1, 0.15) is 5.75 Å². The lowest BCUT2D eigenvalue weighted by Gasteiger charge is -2.22. The van der Waals surface area contributed by atoms with Gasteiger partial charge in [-0.3, -0.25) is 0 Å². The molecule has 1 aliphatic carbocycles. The molecule has 1 aliphatic rings. The second kappa shape index (κ2) is 7.71. The van der Waals surface area contributed by atoms with E-state index in [0.717, 1.165) is 32.1 Å². The third-order valence-electron chi connectivity index (χ3n) is 5.54. The van der Waals surface area contributed by atoms with Crippen molar-refractivity contribution >= 4 is 22.6 Å². The zero-order valence-electron chi connectivity index (χ0n) is 15.2. The molecule has 3 nitrogen and oxygen atoms in total. The summed E-state index contributed by atoms with van der Waals surface area (Å²) in [4.78, 5) is 0. The van der Waals surface area contributed by atoms with E-state index < -0.39 is 0 Å². The van der Waals surface area contributed by atoms with E-state index >= 15 is 0 Å². The van der Waals surface area contributed by atoms with Crippen LogP contribution in [0.25, 0.3) is 0 Å². The van der Waals surface area contributed by atoms with Crippen LogP contribution >= 0.6 is 22.6 Å².